The van der Waals surface area contributed by atoms with E-state index in [0.717, 1.165) is 18.2 Å². The molecule has 1 heterocycles. The SMILES string of the molecule is CC(O)c1cc(OC(F)(F)F)cc2c1OC(C(F)(F)F)C=C2. The standard InChI is InChI=1S/C13H10F6O3/c1-6(20)9-5-8(22-13(17,18)19)4-7-2-3-10(12(14,15)16)21-11(7)9/h2-6,10,20H,1H3. The van der Waals surface area contributed by atoms with Crippen LogP contribution in [0.4, 0.5) is 26.3 Å². The van der Waals surface area contributed by atoms with Crippen LogP contribution in [0.2, 0.25) is 0 Å². The van der Waals surface area contributed by atoms with Crippen molar-refractivity contribution < 1.29 is 40.9 Å². The van der Waals surface area contributed by atoms with Crippen LogP contribution in [0.5, 0.6) is 11.5 Å². The first-order valence-electron chi connectivity index (χ1n) is 6.00. The third-order valence-corrected chi connectivity index (χ3v) is 2.82. The van der Waals surface area contributed by atoms with Crippen LogP contribution in [0.3, 0.4) is 0 Å². The van der Waals surface area contributed by atoms with E-state index in [1.165, 1.54) is 6.92 Å². The summed E-state index contributed by atoms with van der Waals surface area (Å²) in [6, 6.07) is 1.68. The summed E-state index contributed by atoms with van der Waals surface area (Å²) in [6.45, 7) is 1.19. The molecule has 0 bridgehead atoms. The molecule has 0 radical (unpaired) electrons. The normalized spacial score (nSPS) is 19.4. The minimum Gasteiger partial charge on any atom is -0.476 e. The van der Waals surface area contributed by atoms with Crippen LogP contribution in [0.15, 0.2) is 18.2 Å². The Hall–Kier alpha value is -1.90. The Morgan fingerprint density at radius 1 is 1.18 bits per heavy atom. The maximum absolute atomic E-state index is 12.7. The molecule has 0 fully saturated rings. The Morgan fingerprint density at radius 2 is 1.82 bits per heavy atom. The average Bonchev–Trinajstić information content (AvgIpc) is 2.33. The molecule has 2 atom stereocenters. The Bertz CT molecular complexity index is 589. The Kier molecular flexibility index (Phi) is 4.03. The van der Waals surface area contributed by atoms with Crippen molar-refractivity contribution in [3.8, 4) is 11.5 Å². The number of rotatable bonds is 2. The molecule has 0 aliphatic carbocycles. The van der Waals surface area contributed by atoms with Gasteiger partial charge in [0.25, 0.3) is 0 Å². The van der Waals surface area contributed by atoms with Gasteiger partial charge in [0.1, 0.15) is 11.5 Å². The van der Waals surface area contributed by atoms with Crippen LogP contribution in [0.1, 0.15) is 24.2 Å². The quantitative estimate of drug-likeness (QED) is 0.835. The summed E-state index contributed by atoms with van der Waals surface area (Å²) in [6.07, 6.45) is -11.6. The molecule has 1 aliphatic heterocycles. The first-order valence-corrected chi connectivity index (χ1v) is 6.00. The third-order valence-electron chi connectivity index (χ3n) is 2.82. The van der Waals surface area contributed by atoms with E-state index in [-0.39, 0.29) is 16.9 Å². The van der Waals surface area contributed by atoms with Gasteiger partial charge in [-0.1, -0.05) is 6.08 Å². The van der Waals surface area contributed by atoms with Gasteiger partial charge in [-0.25, -0.2) is 0 Å². The van der Waals surface area contributed by atoms with Gasteiger partial charge >= 0.3 is 12.5 Å². The lowest BCUT2D eigenvalue weighted by molar-refractivity contribution is -0.274. The fourth-order valence-corrected chi connectivity index (χ4v) is 1.94. The van der Waals surface area contributed by atoms with Gasteiger partial charge in [-0.3, -0.25) is 0 Å². The van der Waals surface area contributed by atoms with Gasteiger partial charge in [-0.15, -0.1) is 13.2 Å². The van der Waals surface area contributed by atoms with Crippen molar-refractivity contribution in [3.05, 3.63) is 29.3 Å². The molecule has 1 aliphatic rings. The number of hydrogen-bond donors (Lipinski definition) is 1. The monoisotopic (exact) mass is 328 g/mol. The number of aliphatic hydroxyl groups excluding tert-OH is 1. The van der Waals surface area contributed by atoms with Crippen LogP contribution in [-0.2, 0) is 0 Å². The van der Waals surface area contributed by atoms with Gasteiger partial charge < -0.3 is 14.6 Å². The van der Waals surface area contributed by atoms with Crippen molar-refractivity contribution in [2.24, 2.45) is 0 Å². The predicted molar refractivity (Wildman–Crippen MR) is 63.3 cm³/mol. The van der Waals surface area contributed by atoms with E-state index < -0.39 is 30.5 Å². The summed E-state index contributed by atoms with van der Waals surface area (Å²) in [5.41, 5.74) is -0.270. The lowest BCUT2D eigenvalue weighted by Crippen LogP contribution is -2.34. The van der Waals surface area contributed by atoms with Crippen LogP contribution < -0.4 is 9.47 Å². The van der Waals surface area contributed by atoms with Crippen LogP contribution >= 0.6 is 0 Å². The highest BCUT2D eigenvalue weighted by Gasteiger charge is 2.42. The van der Waals surface area contributed by atoms with E-state index >= 15 is 0 Å². The van der Waals surface area contributed by atoms with Crippen molar-refractivity contribution in [1.29, 1.82) is 0 Å². The van der Waals surface area contributed by atoms with Gasteiger partial charge in [-0.05, 0) is 25.1 Å². The van der Waals surface area contributed by atoms with Gasteiger partial charge in [0.05, 0.1) is 6.10 Å². The molecule has 3 nitrogen and oxygen atoms in total. The van der Waals surface area contributed by atoms with Gasteiger partial charge in [0, 0.05) is 11.1 Å². The molecule has 9 heteroatoms. The van der Waals surface area contributed by atoms with Crippen molar-refractivity contribution in [1.82, 2.24) is 0 Å². The Morgan fingerprint density at radius 3 is 2.32 bits per heavy atom. The average molecular weight is 328 g/mol. The summed E-state index contributed by atoms with van der Waals surface area (Å²) < 4.78 is 83.2. The molecule has 122 valence electrons. The second kappa shape index (κ2) is 5.38. The Balaban J connectivity index is 2.46. The van der Waals surface area contributed by atoms with Crippen molar-refractivity contribution in [3.63, 3.8) is 0 Å². The van der Waals surface area contributed by atoms with Crippen molar-refractivity contribution >= 4 is 6.08 Å². The highest BCUT2D eigenvalue weighted by atomic mass is 19.4. The zero-order valence-electron chi connectivity index (χ0n) is 11.0. The molecule has 0 spiro atoms. The number of aliphatic hydroxyl groups is 1. The molecule has 0 amide bonds. The fraction of sp³-hybridized carbons (Fsp3) is 0.385. The van der Waals surface area contributed by atoms with E-state index in [1.807, 2.05) is 0 Å². The number of benzene rings is 1. The van der Waals surface area contributed by atoms with Gasteiger partial charge in [-0.2, -0.15) is 13.2 Å². The zero-order valence-corrected chi connectivity index (χ0v) is 11.0. The lowest BCUT2D eigenvalue weighted by Gasteiger charge is -2.26. The molecule has 0 saturated carbocycles. The smallest absolute Gasteiger partial charge is 0.476 e. The summed E-state index contributed by atoms with van der Waals surface area (Å²) in [5, 5.41) is 9.57. The number of ether oxygens (including phenoxy) is 2. The zero-order chi connectivity index (χ0) is 16.7. The van der Waals surface area contributed by atoms with Crippen LogP contribution in [-0.4, -0.2) is 23.7 Å². The van der Waals surface area contributed by atoms with Crippen molar-refractivity contribution in [2.75, 3.05) is 0 Å². The largest absolute Gasteiger partial charge is 0.573 e. The maximum Gasteiger partial charge on any atom is 0.573 e. The molecule has 1 aromatic carbocycles. The molecule has 22 heavy (non-hydrogen) atoms. The summed E-state index contributed by atoms with van der Waals surface area (Å²) in [7, 11) is 0. The highest BCUT2D eigenvalue weighted by Crippen LogP contribution is 2.41. The maximum atomic E-state index is 12.7. The molecular formula is C13H10F6O3. The van der Waals surface area contributed by atoms with Gasteiger partial charge in [0.15, 0.2) is 0 Å². The minimum absolute atomic E-state index is 0.0434. The third kappa shape index (κ3) is 3.65. The first kappa shape index (κ1) is 16.5. The Labute approximate surface area is 120 Å². The second-order valence-corrected chi connectivity index (χ2v) is 4.59. The molecule has 1 aromatic rings. The number of fused-ring (bicyclic) bond motifs is 1. The molecule has 1 N–H and O–H groups in total. The fourth-order valence-electron chi connectivity index (χ4n) is 1.94. The summed E-state index contributed by atoms with van der Waals surface area (Å²) in [5.74, 6) is -0.977. The topological polar surface area (TPSA) is 38.7 Å². The van der Waals surface area contributed by atoms with E-state index in [4.69, 9.17) is 4.74 Å². The van der Waals surface area contributed by atoms with Crippen molar-refractivity contribution in [2.45, 2.75) is 31.7 Å². The highest BCUT2D eigenvalue weighted by molar-refractivity contribution is 5.65. The number of halogens is 6. The van der Waals surface area contributed by atoms with Gasteiger partial charge in [0.2, 0.25) is 6.10 Å². The van der Waals surface area contributed by atoms with E-state index in [1.54, 1.807) is 0 Å². The molecule has 2 rings (SSSR count). The van der Waals surface area contributed by atoms with Crippen LogP contribution in [0.25, 0.3) is 6.08 Å². The van der Waals surface area contributed by atoms with E-state index in [2.05, 4.69) is 4.74 Å². The molecule has 2 unspecified atom stereocenters. The number of hydrogen-bond acceptors (Lipinski definition) is 3. The molecule has 0 saturated heterocycles. The first-order chi connectivity index (χ1) is 9.97. The number of alkyl halides is 6. The minimum atomic E-state index is -4.96. The molecule has 0 aromatic heterocycles. The van der Waals surface area contributed by atoms with E-state index in [9.17, 15) is 31.4 Å². The molecular weight excluding hydrogens is 318 g/mol. The van der Waals surface area contributed by atoms with E-state index in [0.29, 0.717) is 6.08 Å². The lowest BCUT2D eigenvalue weighted by atomic mass is 10.0. The second-order valence-electron chi connectivity index (χ2n) is 4.59. The summed E-state index contributed by atoms with van der Waals surface area (Å²) in [4.78, 5) is 0. The predicted octanol–water partition coefficient (Wildman–Crippen LogP) is 3.98. The summed E-state index contributed by atoms with van der Waals surface area (Å²) >= 11 is 0. The van der Waals surface area contributed by atoms with Crippen LogP contribution in [0, 0.1) is 0 Å².